The first-order valence-electron chi connectivity index (χ1n) is 14.0. The van der Waals surface area contributed by atoms with Gasteiger partial charge in [0.25, 0.3) is 11.8 Å². The highest BCUT2D eigenvalue weighted by Crippen LogP contribution is 2.22. The fourth-order valence-corrected chi connectivity index (χ4v) is 5.54. The number of hydrogen-bond donors (Lipinski definition) is 4. The molecule has 10 nitrogen and oxygen atoms in total. The topological polar surface area (TPSA) is 137 Å². The molecule has 0 fully saturated rings. The van der Waals surface area contributed by atoms with Gasteiger partial charge in [-0.3, -0.25) is 18.7 Å². The van der Waals surface area contributed by atoms with Crippen LogP contribution in [0.25, 0.3) is 0 Å². The summed E-state index contributed by atoms with van der Waals surface area (Å²) in [6.45, 7) is 7.67. The average molecular weight is 628 g/mol. The first kappa shape index (κ1) is 33.8. The molecule has 1 heterocycles. The van der Waals surface area contributed by atoms with Gasteiger partial charge in [0.05, 0.1) is 24.0 Å². The molecule has 0 spiro atoms. The Balaban J connectivity index is 1.88. The van der Waals surface area contributed by atoms with E-state index in [2.05, 4.69) is 21.3 Å². The van der Waals surface area contributed by atoms with Crippen LogP contribution in [-0.2, 0) is 21.2 Å². The Hall–Kier alpha value is -3.74. The molecule has 3 rings (SSSR count). The molecule has 0 saturated carbocycles. The van der Waals surface area contributed by atoms with Crippen LogP contribution in [0.3, 0.4) is 0 Å². The van der Waals surface area contributed by atoms with E-state index >= 15 is 0 Å². The Morgan fingerprint density at radius 3 is 2.07 bits per heavy atom. The minimum Gasteiger partial charge on any atom is -0.353 e. The fourth-order valence-electron chi connectivity index (χ4n) is 4.29. The zero-order valence-corrected chi connectivity index (χ0v) is 27.0. The molecule has 0 saturated heterocycles. The summed E-state index contributed by atoms with van der Waals surface area (Å²) in [5.74, 6) is -1.07. The van der Waals surface area contributed by atoms with Gasteiger partial charge < -0.3 is 21.3 Å². The van der Waals surface area contributed by atoms with Gasteiger partial charge in [-0.2, -0.15) is 11.3 Å². The lowest BCUT2D eigenvalue weighted by molar-refractivity contribution is -0.123. The van der Waals surface area contributed by atoms with Crippen LogP contribution >= 0.6 is 11.3 Å². The van der Waals surface area contributed by atoms with E-state index in [-0.39, 0.29) is 34.8 Å². The molecule has 3 amide bonds. The highest BCUT2D eigenvalue weighted by molar-refractivity contribution is 7.92. The molecule has 0 aliphatic rings. The molecule has 43 heavy (non-hydrogen) atoms. The summed E-state index contributed by atoms with van der Waals surface area (Å²) in [5.41, 5.74) is 2.39. The molecule has 4 N–H and O–H groups in total. The van der Waals surface area contributed by atoms with Crippen molar-refractivity contribution in [3.8, 4) is 0 Å². The Morgan fingerprint density at radius 1 is 0.884 bits per heavy atom. The second-order valence-corrected chi connectivity index (χ2v) is 13.7. The molecule has 0 aliphatic heterocycles. The normalized spacial score (nSPS) is 13.6. The zero-order valence-electron chi connectivity index (χ0n) is 25.4. The van der Waals surface area contributed by atoms with Crippen molar-refractivity contribution in [1.29, 1.82) is 0 Å². The van der Waals surface area contributed by atoms with Crippen LogP contribution in [0.4, 0.5) is 5.69 Å². The molecular weight excluding hydrogens is 587 g/mol. The highest BCUT2D eigenvalue weighted by Gasteiger charge is 2.23. The number of rotatable bonds is 14. The maximum Gasteiger partial charge on any atom is 0.251 e. The van der Waals surface area contributed by atoms with Crippen molar-refractivity contribution in [1.82, 2.24) is 21.3 Å². The van der Waals surface area contributed by atoms with Crippen LogP contribution in [0.1, 0.15) is 65.6 Å². The van der Waals surface area contributed by atoms with Crippen molar-refractivity contribution in [2.45, 2.75) is 58.3 Å². The first-order valence-corrected chi connectivity index (χ1v) is 16.8. The molecular formula is C31H41N5O5S2. The maximum atomic E-state index is 13.7. The number of nitrogens with one attached hydrogen (secondary N) is 4. The zero-order chi connectivity index (χ0) is 31.7. The van der Waals surface area contributed by atoms with E-state index in [1.807, 2.05) is 67.9 Å². The largest absolute Gasteiger partial charge is 0.353 e. The monoisotopic (exact) mass is 627 g/mol. The number of thiophene rings is 1. The van der Waals surface area contributed by atoms with Crippen LogP contribution in [-0.4, -0.2) is 64.1 Å². The number of sulfonamides is 1. The van der Waals surface area contributed by atoms with Gasteiger partial charge in [0.1, 0.15) is 0 Å². The standard InChI is InChI=1S/C31H41N5O5S2/c1-20(2)33-29(37)22(4)32-18-27(14-23-10-8-7-9-11-23)35-31(39)26-15-25(16-28(17-26)36(5)43(6,40)41)30(38)34-21(3)24-12-13-42-19-24/h7-13,15-17,19-22,27,32H,14,18H2,1-6H3,(H,33,37)(H,34,38)(H,35,39)/t21?,22-,27-/m0/s1. The number of carbonyl (C=O) groups is 3. The lowest BCUT2D eigenvalue weighted by Gasteiger charge is -2.23. The Kier molecular flexibility index (Phi) is 11.9. The number of hydrogen-bond acceptors (Lipinski definition) is 7. The van der Waals surface area contributed by atoms with Gasteiger partial charge >= 0.3 is 0 Å². The van der Waals surface area contributed by atoms with Gasteiger partial charge in [0.15, 0.2) is 0 Å². The number of carbonyl (C=O) groups excluding carboxylic acids is 3. The Bertz CT molecular complexity index is 1490. The quantitative estimate of drug-likeness (QED) is 0.216. The molecule has 2 aromatic carbocycles. The maximum absolute atomic E-state index is 13.7. The van der Waals surface area contributed by atoms with Gasteiger partial charge in [0, 0.05) is 36.8 Å². The van der Waals surface area contributed by atoms with E-state index in [0.29, 0.717) is 13.0 Å². The van der Waals surface area contributed by atoms with Crippen molar-refractivity contribution < 1.29 is 22.8 Å². The molecule has 1 unspecified atom stereocenters. The van der Waals surface area contributed by atoms with Gasteiger partial charge in [0.2, 0.25) is 15.9 Å². The van der Waals surface area contributed by atoms with E-state index in [4.69, 9.17) is 0 Å². The van der Waals surface area contributed by atoms with E-state index in [0.717, 1.165) is 21.7 Å². The van der Waals surface area contributed by atoms with Crippen molar-refractivity contribution in [3.63, 3.8) is 0 Å². The summed E-state index contributed by atoms with van der Waals surface area (Å²) in [6, 6.07) is 14.7. The lowest BCUT2D eigenvalue weighted by Crippen LogP contribution is -2.50. The van der Waals surface area contributed by atoms with Crippen molar-refractivity contribution in [2.24, 2.45) is 0 Å². The summed E-state index contributed by atoms with van der Waals surface area (Å²) in [4.78, 5) is 39.4. The molecule has 232 valence electrons. The fraction of sp³-hybridized carbons (Fsp3) is 0.387. The van der Waals surface area contributed by atoms with Gasteiger partial charge in [-0.1, -0.05) is 30.3 Å². The molecule has 1 aromatic heterocycles. The van der Waals surface area contributed by atoms with Crippen LogP contribution < -0.4 is 25.6 Å². The van der Waals surface area contributed by atoms with Crippen molar-refractivity contribution in [3.05, 3.63) is 87.6 Å². The predicted molar refractivity (Wildman–Crippen MR) is 172 cm³/mol. The third kappa shape index (κ3) is 10.2. The second kappa shape index (κ2) is 15.1. The SMILES string of the molecule is CC(C)NC(=O)[C@H](C)NC[C@H](Cc1ccccc1)NC(=O)c1cc(C(=O)NC(C)c2ccsc2)cc(N(C)S(C)(=O)=O)c1. The van der Waals surface area contributed by atoms with E-state index < -0.39 is 33.9 Å². The van der Waals surface area contributed by atoms with Crippen LogP contribution in [0.2, 0.25) is 0 Å². The first-order chi connectivity index (χ1) is 20.2. The van der Waals surface area contributed by atoms with Gasteiger partial charge in [-0.25, -0.2) is 8.42 Å². The number of benzene rings is 2. The molecule has 0 radical (unpaired) electrons. The smallest absolute Gasteiger partial charge is 0.251 e. The van der Waals surface area contributed by atoms with Gasteiger partial charge in [-0.05, 0) is 80.3 Å². The Labute approximate surface area is 258 Å². The summed E-state index contributed by atoms with van der Waals surface area (Å²) in [5, 5.41) is 15.9. The molecule has 3 atom stereocenters. The molecule has 0 aliphatic carbocycles. The summed E-state index contributed by atoms with van der Waals surface area (Å²) >= 11 is 1.52. The van der Waals surface area contributed by atoms with Crippen LogP contribution in [0, 0.1) is 0 Å². The van der Waals surface area contributed by atoms with E-state index in [9.17, 15) is 22.8 Å². The van der Waals surface area contributed by atoms with Crippen LogP contribution in [0.5, 0.6) is 0 Å². The van der Waals surface area contributed by atoms with Crippen LogP contribution in [0.15, 0.2) is 65.4 Å². The molecule has 3 aromatic rings. The summed E-state index contributed by atoms with van der Waals surface area (Å²) in [6.07, 6.45) is 1.53. The third-order valence-electron chi connectivity index (χ3n) is 6.85. The minimum absolute atomic E-state index is 0.00598. The predicted octanol–water partition coefficient (Wildman–Crippen LogP) is 3.48. The minimum atomic E-state index is -3.67. The third-order valence-corrected chi connectivity index (χ3v) is 8.76. The Morgan fingerprint density at radius 2 is 1.51 bits per heavy atom. The number of amides is 3. The lowest BCUT2D eigenvalue weighted by atomic mass is 10.0. The molecule has 0 bridgehead atoms. The van der Waals surface area contributed by atoms with Crippen molar-refractivity contribution >= 4 is 44.8 Å². The second-order valence-electron chi connectivity index (χ2n) is 10.9. The van der Waals surface area contributed by atoms with E-state index in [1.54, 1.807) is 6.92 Å². The van der Waals surface area contributed by atoms with Crippen molar-refractivity contribution in [2.75, 3.05) is 24.2 Å². The summed E-state index contributed by atoms with van der Waals surface area (Å²) in [7, 11) is -2.31. The molecule has 12 heteroatoms. The summed E-state index contributed by atoms with van der Waals surface area (Å²) < 4.78 is 25.8. The van der Waals surface area contributed by atoms with E-state index in [1.165, 1.54) is 36.6 Å². The number of nitrogens with zero attached hydrogens (tertiary/aromatic N) is 1. The number of anilines is 1. The average Bonchev–Trinajstić information content (AvgIpc) is 3.50. The highest BCUT2D eigenvalue weighted by atomic mass is 32.2. The van der Waals surface area contributed by atoms with Gasteiger partial charge in [-0.15, -0.1) is 0 Å².